The minimum absolute atomic E-state index is 0.164. The Morgan fingerprint density at radius 1 is 1.00 bits per heavy atom. The molecule has 0 unspecified atom stereocenters. The summed E-state index contributed by atoms with van der Waals surface area (Å²) < 4.78 is 1.60. The van der Waals surface area contributed by atoms with E-state index in [9.17, 15) is 4.79 Å². The van der Waals surface area contributed by atoms with E-state index in [1.165, 1.54) is 5.56 Å². The predicted molar refractivity (Wildman–Crippen MR) is 126 cm³/mol. The van der Waals surface area contributed by atoms with Gasteiger partial charge in [0.1, 0.15) is 5.82 Å². The zero-order valence-electron chi connectivity index (χ0n) is 18.4. The lowest BCUT2D eigenvalue weighted by atomic mass is 10.2. The standard InChI is InChI=1S/C24H29ClN6O/c1-19-27-23(28-31(19)22-11-6-5-10-21(22)25)24(32)26-12-7-13-29-14-16-30(17-15-29)18-20-8-3-2-4-9-20/h2-6,8-11H,7,12-18H2,1H3,(H,26,32). The van der Waals surface area contributed by atoms with Gasteiger partial charge in [-0.1, -0.05) is 54.1 Å². The average molecular weight is 453 g/mol. The van der Waals surface area contributed by atoms with Crippen molar-refractivity contribution in [3.8, 4) is 5.69 Å². The molecule has 1 aromatic heterocycles. The monoisotopic (exact) mass is 452 g/mol. The number of hydrogen-bond acceptors (Lipinski definition) is 5. The summed E-state index contributed by atoms with van der Waals surface area (Å²) >= 11 is 6.25. The molecule has 2 aromatic carbocycles. The number of halogens is 1. The third-order valence-corrected chi connectivity index (χ3v) is 6.02. The second kappa shape index (κ2) is 10.7. The molecule has 4 rings (SSSR count). The first kappa shape index (κ1) is 22.5. The molecule has 1 N–H and O–H groups in total. The number of benzene rings is 2. The smallest absolute Gasteiger partial charge is 0.290 e. The van der Waals surface area contributed by atoms with E-state index in [1.807, 2.05) is 25.1 Å². The lowest BCUT2D eigenvalue weighted by Gasteiger charge is -2.34. The van der Waals surface area contributed by atoms with Crippen LogP contribution in [0.2, 0.25) is 5.02 Å². The summed E-state index contributed by atoms with van der Waals surface area (Å²) in [5.41, 5.74) is 2.08. The Balaban J connectivity index is 1.19. The number of piperazine rings is 1. The Bertz CT molecular complexity index is 1030. The van der Waals surface area contributed by atoms with E-state index in [0.717, 1.165) is 45.7 Å². The molecular weight excluding hydrogens is 424 g/mol. The Labute approximate surface area is 194 Å². The second-order valence-corrected chi connectivity index (χ2v) is 8.47. The van der Waals surface area contributed by atoms with Crippen molar-refractivity contribution in [3.63, 3.8) is 0 Å². The van der Waals surface area contributed by atoms with Crippen molar-refractivity contribution >= 4 is 17.5 Å². The van der Waals surface area contributed by atoms with Crippen LogP contribution in [-0.4, -0.2) is 69.7 Å². The molecule has 1 amide bonds. The van der Waals surface area contributed by atoms with Gasteiger partial charge in [-0.3, -0.25) is 9.69 Å². The largest absolute Gasteiger partial charge is 0.349 e. The Morgan fingerprint density at radius 3 is 2.44 bits per heavy atom. The first-order valence-electron chi connectivity index (χ1n) is 11.1. The lowest BCUT2D eigenvalue weighted by Crippen LogP contribution is -2.46. The lowest BCUT2D eigenvalue weighted by molar-refractivity contribution is 0.0937. The van der Waals surface area contributed by atoms with Gasteiger partial charge in [0.25, 0.3) is 5.91 Å². The summed E-state index contributed by atoms with van der Waals surface area (Å²) in [4.78, 5) is 21.8. The fourth-order valence-electron chi connectivity index (χ4n) is 3.93. The normalized spacial score (nSPS) is 15.1. The summed E-state index contributed by atoms with van der Waals surface area (Å²) in [6, 6.07) is 18.0. The molecular formula is C24H29ClN6O. The maximum atomic E-state index is 12.5. The number of carbonyl (C=O) groups excluding carboxylic acids is 1. The molecule has 8 heteroatoms. The molecule has 0 aliphatic carbocycles. The molecule has 1 aliphatic rings. The Hall–Kier alpha value is -2.74. The van der Waals surface area contributed by atoms with Crippen LogP contribution in [0.25, 0.3) is 5.69 Å². The molecule has 0 bridgehead atoms. The molecule has 0 spiro atoms. The van der Waals surface area contributed by atoms with Gasteiger partial charge in [-0.15, -0.1) is 5.10 Å². The quantitative estimate of drug-likeness (QED) is 0.532. The van der Waals surface area contributed by atoms with Crippen LogP contribution < -0.4 is 5.32 Å². The number of hydrogen-bond donors (Lipinski definition) is 1. The number of nitrogens with one attached hydrogen (secondary N) is 1. The van der Waals surface area contributed by atoms with E-state index in [4.69, 9.17) is 11.6 Å². The van der Waals surface area contributed by atoms with Crippen LogP contribution in [0.4, 0.5) is 0 Å². The molecule has 0 saturated carbocycles. The van der Waals surface area contributed by atoms with Crippen molar-refractivity contribution < 1.29 is 4.79 Å². The maximum absolute atomic E-state index is 12.5. The van der Waals surface area contributed by atoms with E-state index in [-0.39, 0.29) is 11.7 Å². The van der Waals surface area contributed by atoms with Crippen LogP contribution in [0.15, 0.2) is 54.6 Å². The van der Waals surface area contributed by atoms with Gasteiger partial charge in [-0.2, -0.15) is 0 Å². The summed E-state index contributed by atoms with van der Waals surface area (Å²) in [6.07, 6.45) is 0.897. The van der Waals surface area contributed by atoms with Gasteiger partial charge in [-0.05, 0) is 37.6 Å². The molecule has 168 valence electrons. The van der Waals surface area contributed by atoms with Crippen molar-refractivity contribution in [2.24, 2.45) is 0 Å². The van der Waals surface area contributed by atoms with E-state index >= 15 is 0 Å². The minimum atomic E-state index is -0.258. The Kier molecular flexibility index (Phi) is 7.52. The highest BCUT2D eigenvalue weighted by atomic mass is 35.5. The fraction of sp³-hybridized carbons (Fsp3) is 0.375. The van der Waals surface area contributed by atoms with E-state index in [1.54, 1.807) is 10.7 Å². The van der Waals surface area contributed by atoms with Crippen LogP contribution in [0, 0.1) is 6.92 Å². The summed E-state index contributed by atoms with van der Waals surface area (Å²) in [7, 11) is 0. The molecule has 0 atom stereocenters. The zero-order valence-corrected chi connectivity index (χ0v) is 19.1. The molecule has 7 nitrogen and oxygen atoms in total. The van der Waals surface area contributed by atoms with Crippen LogP contribution in [0.3, 0.4) is 0 Å². The number of amides is 1. The van der Waals surface area contributed by atoms with Crippen molar-refractivity contribution in [1.82, 2.24) is 29.9 Å². The van der Waals surface area contributed by atoms with Crippen LogP contribution in [-0.2, 0) is 6.54 Å². The molecule has 1 saturated heterocycles. The molecule has 32 heavy (non-hydrogen) atoms. The molecule has 2 heterocycles. The maximum Gasteiger partial charge on any atom is 0.290 e. The first-order valence-corrected chi connectivity index (χ1v) is 11.4. The topological polar surface area (TPSA) is 66.3 Å². The van der Waals surface area contributed by atoms with Crippen LogP contribution in [0.5, 0.6) is 0 Å². The molecule has 0 radical (unpaired) electrons. The predicted octanol–water partition coefficient (Wildman–Crippen LogP) is 3.17. The van der Waals surface area contributed by atoms with Crippen molar-refractivity contribution in [2.45, 2.75) is 19.9 Å². The van der Waals surface area contributed by atoms with Gasteiger partial charge in [0.15, 0.2) is 0 Å². The van der Waals surface area contributed by atoms with Crippen LogP contribution in [0.1, 0.15) is 28.4 Å². The number of para-hydroxylation sites is 1. The van der Waals surface area contributed by atoms with E-state index in [0.29, 0.717) is 23.1 Å². The number of rotatable bonds is 8. The zero-order chi connectivity index (χ0) is 22.3. The van der Waals surface area contributed by atoms with Crippen molar-refractivity contribution in [3.05, 3.63) is 76.8 Å². The van der Waals surface area contributed by atoms with Gasteiger partial charge in [-0.25, -0.2) is 9.67 Å². The van der Waals surface area contributed by atoms with Gasteiger partial charge in [0, 0.05) is 39.3 Å². The summed E-state index contributed by atoms with van der Waals surface area (Å²) in [6.45, 7) is 8.66. The first-order chi connectivity index (χ1) is 15.6. The minimum Gasteiger partial charge on any atom is -0.349 e. The van der Waals surface area contributed by atoms with E-state index < -0.39 is 0 Å². The number of aryl methyl sites for hydroxylation is 1. The Morgan fingerprint density at radius 2 is 1.69 bits per heavy atom. The third-order valence-electron chi connectivity index (χ3n) is 5.70. The molecule has 3 aromatic rings. The summed E-state index contributed by atoms with van der Waals surface area (Å²) in [5.74, 6) is 0.528. The molecule has 1 fully saturated rings. The number of carbonyl (C=O) groups is 1. The van der Waals surface area contributed by atoms with Gasteiger partial charge >= 0.3 is 0 Å². The van der Waals surface area contributed by atoms with Crippen LogP contribution >= 0.6 is 11.6 Å². The van der Waals surface area contributed by atoms with Crippen molar-refractivity contribution in [1.29, 1.82) is 0 Å². The molecule has 1 aliphatic heterocycles. The van der Waals surface area contributed by atoms with Gasteiger partial charge in [0.05, 0.1) is 10.7 Å². The number of nitrogens with zero attached hydrogens (tertiary/aromatic N) is 5. The summed E-state index contributed by atoms with van der Waals surface area (Å²) in [5, 5.41) is 7.85. The number of aromatic nitrogens is 3. The SMILES string of the molecule is Cc1nc(C(=O)NCCCN2CCN(Cc3ccccc3)CC2)nn1-c1ccccc1Cl. The van der Waals surface area contributed by atoms with Gasteiger partial charge < -0.3 is 10.2 Å². The average Bonchev–Trinajstić information content (AvgIpc) is 3.20. The highest BCUT2D eigenvalue weighted by Crippen LogP contribution is 2.20. The highest BCUT2D eigenvalue weighted by Gasteiger charge is 2.18. The van der Waals surface area contributed by atoms with Gasteiger partial charge in [0.2, 0.25) is 5.82 Å². The van der Waals surface area contributed by atoms with E-state index in [2.05, 4.69) is 55.5 Å². The third kappa shape index (κ3) is 5.73. The fourth-order valence-corrected chi connectivity index (χ4v) is 4.15. The highest BCUT2D eigenvalue weighted by molar-refractivity contribution is 6.32. The second-order valence-electron chi connectivity index (χ2n) is 8.06. The van der Waals surface area contributed by atoms with Crippen molar-refractivity contribution in [2.75, 3.05) is 39.3 Å².